The predicted molar refractivity (Wildman–Crippen MR) is 80.7 cm³/mol. The first kappa shape index (κ1) is 17.7. The van der Waals surface area contributed by atoms with Crippen LogP contribution in [0.1, 0.15) is 31.9 Å². The third-order valence-corrected chi connectivity index (χ3v) is 4.12. The molecule has 1 aliphatic rings. The topological polar surface area (TPSA) is 61.2 Å². The van der Waals surface area contributed by atoms with Crippen molar-refractivity contribution in [1.29, 1.82) is 5.26 Å². The van der Waals surface area contributed by atoms with E-state index in [0.717, 1.165) is 11.0 Å². The largest absolute Gasteiger partial charge is 0.417 e. The summed E-state index contributed by atoms with van der Waals surface area (Å²) in [6.45, 7) is 8.42. The highest BCUT2D eigenvalue weighted by Gasteiger charge is 2.54. The van der Waals surface area contributed by atoms with Crippen molar-refractivity contribution in [3.63, 3.8) is 0 Å². The van der Waals surface area contributed by atoms with Crippen LogP contribution in [0.2, 0.25) is 0 Å². The lowest BCUT2D eigenvalue weighted by molar-refractivity contribution is -0.138. The molecule has 1 atom stereocenters. The predicted octanol–water partition coefficient (Wildman–Crippen LogP) is 3.67. The number of halogens is 3. The summed E-state index contributed by atoms with van der Waals surface area (Å²) in [5.41, 5.74) is -2.59. The van der Waals surface area contributed by atoms with Crippen molar-refractivity contribution in [3.8, 4) is 6.07 Å². The molecule has 0 N–H and O–H groups in total. The Bertz CT molecular complexity index is 788. The van der Waals surface area contributed by atoms with Crippen LogP contribution in [0.5, 0.6) is 0 Å². The maximum atomic E-state index is 13.1. The fourth-order valence-corrected chi connectivity index (χ4v) is 3.02. The Morgan fingerprint density at radius 3 is 2.33 bits per heavy atom. The lowest BCUT2D eigenvalue weighted by Gasteiger charge is -2.21. The minimum Gasteiger partial charge on any atom is -0.273 e. The third-order valence-electron chi connectivity index (χ3n) is 4.12. The van der Waals surface area contributed by atoms with Crippen LogP contribution in [0.15, 0.2) is 30.4 Å². The Balaban J connectivity index is 2.61. The second-order valence-corrected chi connectivity index (χ2v) is 6.32. The van der Waals surface area contributed by atoms with Crippen LogP contribution in [-0.4, -0.2) is 11.8 Å². The summed E-state index contributed by atoms with van der Waals surface area (Å²) in [5.74, 6) is -2.02. The van der Waals surface area contributed by atoms with Crippen LogP contribution in [0.25, 0.3) is 0 Å². The molecular formula is C17H15F3N2O2. The molecule has 1 fully saturated rings. The average molecular weight is 336 g/mol. The third kappa shape index (κ3) is 2.58. The zero-order valence-electron chi connectivity index (χ0n) is 13.4. The van der Waals surface area contributed by atoms with Gasteiger partial charge in [-0.15, -0.1) is 0 Å². The summed E-state index contributed by atoms with van der Waals surface area (Å²) >= 11 is 0. The van der Waals surface area contributed by atoms with Gasteiger partial charge >= 0.3 is 6.18 Å². The Labute approximate surface area is 137 Å². The summed E-state index contributed by atoms with van der Waals surface area (Å²) in [6.07, 6.45) is -4.77. The zero-order valence-corrected chi connectivity index (χ0v) is 13.4. The van der Waals surface area contributed by atoms with Gasteiger partial charge in [0.2, 0.25) is 11.8 Å². The number of anilines is 1. The van der Waals surface area contributed by atoms with E-state index in [1.165, 1.54) is 12.1 Å². The first-order chi connectivity index (χ1) is 10.9. The van der Waals surface area contributed by atoms with Gasteiger partial charge in [0.05, 0.1) is 34.2 Å². The van der Waals surface area contributed by atoms with E-state index in [0.29, 0.717) is 11.6 Å². The number of carbonyl (C=O) groups is 2. The maximum absolute atomic E-state index is 13.1. The molecule has 1 aromatic rings. The molecule has 0 aromatic heterocycles. The molecular weight excluding hydrogens is 321 g/mol. The van der Waals surface area contributed by atoms with Crippen LogP contribution in [0.4, 0.5) is 18.9 Å². The van der Waals surface area contributed by atoms with Crippen molar-refractivity contribution in [2.45, 2.75) is 26.9 Å². The Morgan fingerprint density at radius 2 is 1.92 bits per heavy atom. The molecule has 1 saturated heterocycles. The minimum absolute atomic E-state index is 0.201. The lowest BCUT2D eigenvalue weighted by atomic mass is 9.77. The Kier molecular flexibility index (Phi) is 4.05. The van der Waals surface area contributed by atoms with Gasteiger partial charge < -0.3 is 0 Å². The molecule has 4 nitrogen and oxygen atoms in total. The molecule has 0 bridgehead atoms. The smallest absolute Gasteiger partial charge is 0.273 e. The van der Waals surface area contributed by atoms with E-state index in [1.807, 2.05) is 0 Å². The Morgan fingerprint density at radius 1 is 1.33 bits per heavy atom. The SMILES string of the molecule is C=C(C)C1C(=O)N(c2ccc(C#N)c(C(F)(F)F)c2)C(=O)C1(C)C. The van der Waals surface area contributed by atoms with E-state index in [9.17, 15) is 22.8 Å². The van der Waals surface area contributed by atoms with Gasteiger partial charge in [0.1, 0.15) is 0 Å². The first-order valence-corrected chi connectivity index (χ1v) is 7.08. The fraction of sp³-hybridized carbons (Fsp3) is 0.353. The minimum atomic E-state index is -4.77. The second-order valence-electron chi connectivity index (χ2n) is 6.32. The first-order valence-electron chi connectivity index (χ1n) is 7.08. The molecule has 0 radical (unpaired) electrons. The van der Waals surface area contributed by atoms with E-state index >= 15 is 0 Å². The highest BCUT2D eigenvalue weighted by molar-refractivity contribution is 6.24. The molecule has 0 aliphatic carbocycles. The van der Waals surface area contributed by atoms with Gasteiger partial charge in [0, 0.05) is 0 Å². The van der Waals surface area contributed by atoms with Gasteiger partial charge in [-0.25, -0.2) is 4.90 Å². The normalized spacial score (nSPS) is 20.2. The maximum Gasteiger partial charge on any atom is 0.417 e. The molecule has 0 saturated carbocycles. The number of hydrogen-bond acceptors (Lipinski definition) is 3. The number of hydrogen-bond donors (Lipinski definition) is 0. The summed E-state index contributed by atoms with van der Waals surface area (Å²) in [6, 6.07) is 4.25. The number of nitriles is 1. The van der Waals surface area contributed by atoms with Crippen molar-refractivity contribution >= 4 is 17.5 Å². The summed E-state index contributed by atoms with van der Waals surface area (Å²) < 4.78 is 39.3. The van der Waals surface area contributed by atoms with Crippen LogP contribution in [-0.2, 0) is 15.8 Å². The number of amides is 2. The van der Waals surface area contributed by atoms with E-state index in [2.05, 4.69) is 6.58 Å². The standard InChI is InChI=1S/C17H15F3N2O2/c1-9(2)13-14(23)22(15(24)16(13,3)4)11-6-5-10(8-21)12(7-11)17(18,19)20/h5-7,13H,1H2,2-4H3. The molecule has 2 rings (SSSR count). The summed E-state index contributed by atoms with van der Waals surface area (Å²) in [4.78, 5) is 25.9. The van der Waals surface area contributed by atoms with Crippen LogP contribution in [0.3, 0.4) is 0 Å². The quantitative estimate of drug-likeness (QED) is 0.611. The average Bonchev–Trinajstić information content (AvgIpc) is 2.63. The van der Waals surface area contributed by atoms with Gasteiger partial charge in [-0.05, 0) is 39.0 Å². The molecule has 0 spiro atoms. The second kappa shape index (κ2) is 5.48. The van der Waals surface area contributed by atoms with Gasteiger partial charge in [0.25, 0.3) is 0 Å². The summed E-state index contributed by atoms with van der Waals surface area (Å²) in [5, 5.41) is 8.83. The van der Waals surface area contributed by atoms with Crippen LogP contribution in [0, 0.1) is 22.7 Å². The van der Waals surface area contributed by atoms with Crippen molar-refractivity contribution in [2.75, 3.05) is 4.90 Å². The summed E-state index contributed by atoms with van der Waals surface area (Å²) in [7, 11) is 0. The van der Waals surface area contributed by atoms with Gasteiger partial charge in [-0.3, -0.25) is 9.59 Å². The highest BCUT2D eigenvalue weighted by atomic mass is 19.4. The number of benzene rings is 1. The van der Waals surface area contributed by atoms with E-state index in [1.54, 1.807) is 20.8 Å². The lowest BCUT2D eigenvalue weighted by Crippen LogP contribution is -2.33. The van der Waals surface area contributed by atoms with Crippen molar-refractivity contribution < 1.29 is 22.8 Å². The molecule has 24 heavy (non-hydrogen) atoms. The monoisotopic (exact) mass is 336 g/mol. The number of imide groups is 1. The molecule has 1 aliphatic heterocycles. The van der Waals surface area contributed by atoms with E-state index in [-0.39, 0.29) is 5.69 Å². The number of carbonyl (C=O) groups excluding carboxylic acids is 2. The van der Waals surface area contributed by atoms with Gasteiger partial charge in [-0.2, -0.15) is 18.4 Å². The van der Waals surface area contributed by atoms with Crippen LogP contribution < -0.4 is 4.90 Å². The number of alkyl halides is 3. The molecule has 7 heteroatoms. The number of rotatable bonds is 2. The molecule has 126 valence electrons. The van der Waals surface area contributed by atoms with E-state index in [4.69, 9.17) is 5.26 Å². The molecule has 1 unspecified atom stereocenters. The van der Waals surface area contributed by atoms with Crippen molar-refractivity contribution in [3.05, 3.63) is 41.5 Å². The van der Waals surface area contributed by atoms with Crippen molar-refractivity contribution in [1.82, 2.24) is 0 Å². The molecule has 1 aromatic carbocycles. The molecule has 2 amide bonds. The van der Waals surface area contributed by atoms with Crippen LogP contribution >= 0.6 is 0 Å². The Hall–Kier alpha value is -2.62. The zero-order chi connectivity index (χ0) is 18.4. The molecule has 1 heterocycles. The fourth-order valence-electron chi connectivity index (χ4n) is 3.02. The number of nitrogens with zero attached hydrogens (tertiary/aromatic N) is 2. The highest BCUT2D eigenvalue weighted by Crippen LogP contribution is 2.44. The van der Waals surface area contributed by atoms with E-state index < -0.39 is 40.5 Å². The van der Waals surface area contributed by atoms with Crippen molar-refractivity contribution in [2.24, 2.45) is 11.3 Å². The van der Waals surface area contributed by atoms with Gasteiger partial charge in [-0.1, -0.05) is 12.2 Å². The van der Waals surface area contributed by atoms with Gasteiger partial charge in [0.15, 0.2) is 0 Å².